The van der Waals surface area contributed by atoms with Crippen LogP contribution in [0.4, 0.5) is 0 Å². The molecule has 0 radical (unpaired) electrons. The zero-order valence-corrected chi connectivity index (χ0v) is 12.9. The van der Waals surface area contributed by atoms with Gasteiger partial charge >= 0.3 is 5.97 Å². The lowest BCUT2D eigenvalue weighted by molar-refractivity contribution is -0.119. The van der Waals surface area contributed by atoms with Crippen LogP contribution in [0.25, 0.3) is 0 Å². The largest absolute Gasteiger partial charge is 0.478 e. The van der Waals surface area contributed by atoms with Gasteiger partial charge in [-0.3, -0.25) is 4.79 Å². The molecule has 1 heterocycles. The van der Waals surface area contributed by atoms with Gasteiger partial charge < -0.3 is 15.2 Å². The standard InChI is InChI=1S/C14H16ClNO4S/c15-12-4-3-10(6-11(12)14(18)19)21-8-13(17)16-7-9-2-1-5-20-9/h3-4,6,9H,1-2,5,7-8H2,(H,16,17)(H,18,19). The molecular formula is C14H16ClNO4S. The quantitative estimate of drug-likeness (QED) is 0.784. The van der Waals surface area contributed by atoms with Gasteiger partial charge in [0.05, 0.1) is 22.4 Å². The third-order valence-corrected chi connectivity index (χ3v) is 4.41. The number of hydrogen-bond acceptors (Lipinski definition) is 4. The Bertz CT molecular complexity index is 532. The lowest BCUT2D eigenvalue weighted by Gasteiger charge is -2.10. The fraction of sp³-hybridized carbons (Fsp3) is 0.429. The fourth-order valence-electron chi connectivity index (χ4n) is 1.99. The van der Waals surface area contributed by atoms with E-state index in [0.29, 0.717) is 11.4 Å². The molecule has 1 amide bonds. The van der Waals surface area contributed by atoms with E-state index < -0.39 is 5.97 Å². The molecule has 0 spiro atoms. The van der Waals surface area contributed by atoms with Crippen LogP contribution in [0.5, 0.6) is 0 Å². The molecule has 0 aliphatic carbocycles. The van der Waals surface area contributed by atoms with Gasteiger partial charge in [-0.05, 0) is 31.0 Å². The molecule has 2 rings (SSSR count). The number of thioether (sulfide) groups is 1. The molecule has 7 heteroatoms. The third-order valence-electron chi connectivity index (χ3n) is 3.09. The second-order valence-corrected chi connectivity index (χ2v) is 6.13. The Kier molecular flexibility index (Phi) is 5.90. The minimum Gasteiger partial charge on any atom is -0.478 e. The van der Waals surface area contributed by atoms with Gasteiger partial charge in [-0.25, -0.2) is 4.79 Å². The number of carbonyl (C=O) groups excluding carboxylic acids is 1. The van der Waals surface area contributed by atoms with E-state index in [1.807, 2.05) is 0 Å². The van der Waals surface area contributed by atoms with E-state index >= 15 is 0 Å². The van der Waals surface area contributed by atoms with Gasteiger partial charge in [0, 0.05) is 18.0 Å². The second kappa shape index (κ2) is 7.68. The average Bonchev–Trinajstić information content (AvgIpc) is 2.97. The van der Waals surface area contributed by atoms with Crippen molar-refractivity contribution in [3.63, 3.8) is 0 Å². The maximum absolute atomic E-state index is 11.7. The molecule has 1 unspecified atom stereocenters. The van der Waals surface area contributed by atoms with Crippen LogP contribution in [0, 0.1) is 0 Å². The van der Waals surface area contributed by atoms with Crippen molar-refractivity contribution in [1.82, 2.24) is 5.32 Å². The number of rotatable bonds is 6. The van der Waals surface area contributed by atoms with E-state index in [1.165, 1.54) is 23.9 Å². The molecule has 0 bridgehead atoms. The highest BCUT2D eigenvalue weighted by atomic mass is 35.5. The fourth-order valence-corrected chi connectivity index (χ4v) is 2.95. The van der Waals surface area contributed by atoms with Gasteiger partial charge in [0.2, 0.25) is 5.91 Å². The predicted molar refractivity (Wildman–Crippen MR) is 81.1 cm³/mol. The lowest BCUT2D eigenvalue weighted by atomic mass is 10.2. The number of amides is 1. The number of halogens is 1. The maximum Gasteiger partial charge on any atom is 0.337 e. The van der Waals surface area contributed by atoms with Crippen molar-refractivity contribution < 1.29 is 19.4 Å². The van der Waals surface area contributed by atoms with E-state index in [9.17, 15) is 9.59 Å². The molecule has 0 saturated carbocycles. The number of carboxylic acids is 1. The summed E-state index contributed by atoms with van der Waals surface area (Å²) >= 11 is 7.07. The molecule has 5 nitrogen and oxygen atoms in total. The Balaban J connectivity index is 1.80. The minimum absolute atomic E-state index is 0.0430. The van der Waals surface area contributed by atoms with Crippen LogP contribution in [-0.2, 0) is 9.53 Å². The summed E-state index contributed by atoms with van der Waals surface area (Å²) in [4.78, 5) is 23.4. The van der Waals surface area contributed by atoms with E-state index in [0.717, 1.165) is 19.4 Å². The minimum atomic E-state index is -1.08. The summed E-state index contributed by atoms with van der Waals surface area (Å²) in [5.74, 6) is -0.944. The van der Waals surface area contributed by atoms with Crippen LogP contribution in [-0.4, -0.2) is 42.0 Å². The van der Waals surface area contributed by atoms with E-state index in [4.69, 9.17) is 21.4 Å². The van der Waals surface area contributed by atoms with Crippen LogP contribution in [0.15, 0.2) is 23.1 Å². The summed E-state index contributed by atoms with van der Waals surface area (Å²) in [6.45, 7) is 1.29. The Morgan fingerprint density at radius 1 is 1.48 bits per heavy atom. The van der Waals surface area contributed by atoms with Crippen LogP contribution >= 0.6 is 23.4 Å². The predicted octanol–water partition coefficient (Wildman–Crippen LogP) is 2.43. The first-order valence-corrected chi connectivity index (χ1v) is 7.96. The van der Waals surface area contributed by atoms with Gasteiger partial charge in [-0.2, -0.15) is 0 Å². The SMILES string of the molecule is O=C(CSc1ccc(Cl)c(C(=O)O)c1)NCC1CCCO1. The summed E-state index contributed by atoms with van der Waals surface area (Å²) in [7, 11) is 0. The number of aromatic carboxylic acids is 1. The molecular weight excluding hydrogens is 314 g/mol. The lowest BCUT2D eigenvalue weighted by Crippen LogP contribution is -2.32. The number of nitrogens with one attached hydrogen (secondary N) is 1. The number of benzene rings is 1. The highest BCUT2D eigenvalue weighted by molar-refractivity contribution is 8.00. The number of ether oxygens (including phenoxy) is 1. The van der Waals surface area contributed by atoms with Crippen LogP contribution < -0.4 is 5.32 Å². The van der Waals surface area contributed by atoms with Crippen molar-refractivity contribution in [2.45, 2.75) is 23.8 Å². The van der Waals surface area contributed by atoms with Crippen molar-refractivity contribution in [3.05, 3.63) is 28.8 Å². The van der Waals surface area contributed by atoms with Crippen LogP contribution in [0.2, 0.25) is 5.02 Å². The van der Waals surface area contributed by atoms with E-state index in [-0.39, 0.29) is 28.4 Å². The van der Waals surface area contributed by atoms with Gasteiger partial charge in [0.15, 0.2) is 0 Å². The number of carboxylic acid groups (broad SMARTS) is 1. The van der Waals surface area contributed by atoms with Crippen molar-refractivity contribution in [2.24, 2.45) is 0 Å². The van der Waals surface area contributed by atoms with E-state index in [2.05, 4.69) is 5.32 Å². The smallest absolute Gasteiger partial charge is 0.337 e. The van der Waals surface area contributed by atoms with Gasteiger partial charge in [0.25, 0.3) is 0 Å². The Labute approximate surface area is 132 Å². The Morgan fingerprint density at radius 3 is 2.95 bits per heavy atom. The number of hydrogen-bond donors (Lipinski definition) is 2. The maximum atomic E-state index is 11.7. The molecule has 21 heavy (non-hydrogen) atoms. The third kappa shape index (κ3) is 4.91. The summed E-state index contributed by atoms with van der Waals surface area (Å²) in [6.07, 6.45) is 2.14. The van der Waals surface area contributed by atoms with Crippen molar-refractivity contribution in [1.29, 1.82) is 0 Å². The normalized spacial score (nSPS) is 17.7. The average molecular weight is 330 g/mol. The summed E-state index contributed by atoms with van der Waals surface area (Å²) in [5, 5.41) is 12.0. The molecule has 2 N–H and O–H groups in total. The first-order valence-electron chi connectivity index (χ1n) is 6.60. The first kappa shape index (κ1) is 16.1. The molecule has 1 aromatic rings. The zero-order chi connectivity index (χ0) is 15.2. The van der Waals surface area contributed by atoms with Crippen molar-refractivity contribution in [2.75, 3.05) is 18.9 Å². The highest BCUT2D eigenvalue weighted by Gasteiger charge is 2.16. The molecule has 114 valence electrons. The van der Waals surface area contributed by atoms with Gasteiger partial charge in [-0.1, -0.05) is 11.6 Å². The molecule has 1 saturated heterocycles. The Morgan fingerprint density at radius 2 is 2.29 bits per heavy atom. The second-order valence-electron chi connectivity index (χ2n) is 4.67. The topological polar surface area (TPSA) is 75.6 Å². The molecule has 1 aliphatic heterocycles. The summed E-state index contributed by atoms with van der Waals surface area (Å²) in [6, 6.07) is 4.70. The highest BCUT2D eigenvalue weighted by Crippen LogP contribution is 2.24. The molecule has 1 aromatic carbocycles. The Hall–Kier alpha value is -1.24. The first-order chi connectivity index (χ1) is 10.1. The number of carbonyl (C=O) groups is 2. The van der Waals surface area contributed by atoms with Crippen LogP contribution in [0.1, 0.15) is 23.2 Å². The molecule has 1 fully saturated rings. The molecule has 0 aromatic heterocycles. The zero-order valence-electron chi connectivity index (χ0n) is 11.3. The summed E-state index contributed by atoms with van der Waals surface area (Å²) < 4.78 is 5.42. The molecule has 1 aliphatic rings. The summed E-state index contributed by atoms with van der Waals surface area (Å²) in [5.41, 5.74) is 0.0430. The van der Waals surface area contributed by atoms with E-state index in [1.54, 1.807) is 6.07 Å². The van der Waals surface area contributed by atoms with Crippen molar-refractivity contribution >= 4 is 35.2 Å². The monoisotopic (exact) mass is 329 g/mol. The van der Waals surface area contributed by atoms with Gasteiger partial charge in [-0.15, -0.1) is 11.8 Å². The van der Waals surface area contributed by atoms with Gasteiger partial charge in [0.1, 0.15) is 0 Å². The molecule has 1 atom stereocenters. The van der Waals surface area contributed by atoms with Crippen molar-refractivity contribution in [3.8, 4) is 0 Å². The van der Waals surface area contributed by atoms with Crippen LogP contribution in [0.3, 0.4) is 0 Å².